The third-order valence-electron chi connectivity index (χ3n) is 4.10. The van der Waals surface area contributed by atoms with Crippen LogP contribution >= 0.6 is 0 Å². The Labute approximate surface area is 168 Å². The van der Waals surface area contributed by atoms with Gasteiger partial charge in [-0.25, -0.2) is 4.79 Å². The van der Waals surface area contributed by atoms with E-state index in [2.05, 4.69) is 17.4 Å². The van der Waals surface area contributed by atoms with Crippen molar-refractivity contribution in [3.8, 4) is 16.9 Å². The number of nitrogens with two attached hydrogens (primary N) is 1. The molecular formula is C23H32N2O3. The van der Waals surface area contributed by atoms with Crippen LogP contribution in [-0.2, 0) is 11.3 Å². The third-order valence-corrected chi connectivity index (χ3v) is 4.10. The van der Waals surface area contributed by atoms with Gasteiger partial charge < -0.3 is 20.5 Å². The van der Waals surface area contributed by atoms with Crippen molar-refractivity contribution in [1.82, 2.24) is 5.32 Å². The van der Waals surface area contributed by atoms with E-state index >= 15 is 0 Å². The lowest BCUT2D eigenvalue weighted by Crippen LogP contribution is -2.32. The minimum Gasteiger partial charge on any atom is -0.487 e. The molecule has 1 amide bonds. The Morgan fingerprint density at radius 3 is 2.32 bits per heavy atom. The van der Waals surface area contributed by atoms with Crippen LogP contribution in [0, 0.1) is 0 Å². The van der Waals surface area contributed by atoms with E-state index in [1.54, 1.807) is 0 Å². The second-order valence-electron chi connectivity index (χ2n) is 8.45. The molecule has 0 spiro atoms. The topological polar surface area (TPSA) is 73.6 Å². The predicted molar refractivity (Wildman–Crippen MR) is 113 cm³/mol. The smallest absolute Gasteiger partial charge is 0.407 e. The highest BCUT2D eigenvalue weighted by atomic mass is 16.6. The molecular weight excluding hydrogens is 352 g/mol. The molecule has 0 bridgehead atoms. The summed E-state index contributed by atoms with van der Waals surface area (Å²) < 4.78 is 11.6. The van der Waals surface area contributed by atoms with Crippen LogP contribution in [0.4, 0.5) is 4.79 Å². The molecule has 0 atom stereocenters. The molecule has 0 aromatic heterocycles. The summed E-state index contributed by atoms with van der Waals surface area (Å²) in [5.41, 5.74) is 7.84. The van der Waals surface area contributed by atoms with Crippen molar-refractivity contribution in [2.45, 2.75) is 58.8 Å². The van der Waals surface area contributed by atoms with Crippen LogP contribution in [-0.4, -0.2) is 23.8 Å². The molecule has 0 aliphatic carbocycles. The van der Waals surface area contributed by atoms with Crippen LogP contribution in [0.1, 0.15) is 46.6 Å². The number of hydrogen-bond acceptors (Lipinski definition) is 4. The summed E-state index contributed by atoms with van der Waals surface area (Å²) in [5, 5.41) is 2.79. The normalized spacial score (nSPS) is 11.8. The van der Waals surface area contributed by atoms with E-state index in [-0.39, 0.29) is 0 Å². The molecule has 0 aliphatic rings. The summed E-state index contributed by atoms with van der Waals surface area (Å²) in [5.74, 6) is 0.771. The Kier molecular flexibility index (Phi) is 7.08. The van der Waals surface area contributed by atoms with Gasteiger partial charge in [-0.2, -0.15) is 0 Å². The fraction of sp³-hybridized carbons (Fsp3) is 0.435. The van der Waals surface area contributed by atoms with E-state index in [9.17, 15) is 4.79 Å². The van der Waals surface area contributed by atoms with Crippen LogP contribution in [0.25, 0.3) is 11.1 Å². The van der Waals surface area contributed by atoms with Gasteiger partial charge >= 0.3 is 6.09 Å². The van der Waals surface area contributed by atoms with E-state index in [1.165, 1.54) is 0 Å². The average Bonchev–Trinajstić information content (AvgIpc) is 2.59. The van der Waals surface area contributed by atoms with Crippen LogP contribution in [0.5, 0.6) is 5.75 Å². The SMILES string of the molecule is CC(C)(C)OC(=O)NCc1ccc(-c2ccccc2)c(OC(C)(C)CCN)c1. The maximum Gasteiger partial charge on any atom is 0.407 e. The third kappa shape index (κ3) is 6.89. The van der Waals surface area contributed by atoms with E-state index in [4.69, 9.17) is 15.2 Å². The number of rotatable bonds is 7. The zero-order valence-electron chi connectivity index (χ0n) is 17.5. The molecule has 152 valence electrons. The maximum atomic E-state index is 11.9. The van der Waals surface area contributed by atoms with Gasteiger partial charge in [-0.15, -0.1) is 0 Å². The summed E-state index contributed by atoms with van der Waals surface area (Å²) >= 11 is 0. The van der Waals surface area contributed by atoms with Crippen molar-refractivity contribution in [2.75, 3.05) is 6.54 Å². The highest BCUT2D eigenvalue weighted by molar-refractivity contribution is 5.71. The van der Waals surface area contributed by atoms with Gasteiger partial charge in [0.05, 0.1) is 0 Å². The molecule has 0 radical (unpaired) electrons. The number of benzene rings is 2. The second-order valence-corrected chi connectivity index (χ2v) is 8.45. The van der Waals surface area contributed by atoms with E-state index in [0.29, 0.717) is 13.1 Å². The molecule has 5 nitrogen and oxygen atoms in total. The lowest BCUT2D eigenvalue weighted by atomic mass is 10.0. The van der Waals surface area contributed by atoms with Gasteiger partial charge in [0.2, 0.25) is 0 Å². The Hall–Kier alpha value is -2.53. The number of alkyl carbamates (subject to hydrolysis) is 1. The first-order valence-corrected chi connectivity index (χ1v) is 9.64. The zero-order chi connectivity index (χ0) is 20.8. The maximum absolute atomic E-state index is 11.9. The molecule has 28 heavy (non-hydrogen) atoms. The monoisotopic (exact) mass is 384 g/mol. The number of hydrogen-bond donors (Lipinski definition) is 2. The van der Waals surface area contributed by atoms with Crippen molar-refractivity contribution in [2.24, 2.45) is 5.73 Å². The first-order valence-electron chi connectivity index (χ1n) is 9.64. The second kappa shape index (κ2) is 9.11. The fourth-order valence-electron chi connectivity index (χ4n) is 2.80. The summed E-state index contributed by atoms with van der Waals surface area (Å²) in [6, 6.07) is 16.1. The Morgan fingerprint density at radius 2 is 1.71 bits per heavy atom. The molecule has 0 heterocycles. The van der Waals surface area contributed by atoms with Gasteiger partial charge in [0.25, 0.3) is 0 Å². The van der Waals surface area contributed by atoms with Crippen LogP contribution in [0.3, 0.4) is 0 Å². The average molecular weight is 385 g/mol. The summed E-state index contributed by atoms with van der Waals surface area (Å²) in [7, 11) is 0. The van der Waals surface area contributed by atoms with Crippen molar-refractivity contribution in [3.63, 3.8) is 0 Å². The largest absolute Gasteiger partial charge is 0.487 e. The molecule has 0 saturated heterocycles. The van der Waals surface area contributed by atoms with Gasteiger partial charge in [-0.1, -0.05) is 42.5 Å². The van der Waals surface area contributed by atoms with Crippen molar-refractivity contribution >= 4 is 6.09 Å². The van der Waals surface area contributed by atoms with Crippen LogP contribution in [0.2, 0.25) is 0 Å². The number of carbonyl (C=O) groups excluding carboxylic acids is 1. The number of nitrogens with one attached hydrogen (secondary N) is 1. The van der Waals surface area contributed by atoms with E-state index in [0.717, 1.165) is 28.9 Å². The van der Waals surface area contributed by atoms with E-state index in [1.807, 2.05) is 71.0 Å². The molecule has 0 aliphatic heterocycles. The number of ether oxygens (including phenoxy) is 2. The zero-order valence-corrected chi connectivity index (χ0v) is 17.5. The molecule has 0 saturated carbocycles. The molecule has 2 aromatic rings. The molecule has 0 unspecified atom stereocenters. The Morgan fingerprint density at radius 1 is 1.04 bits per heavy atom. The van der Waals surface area contributed by atoms with Gasteiger partial charge in [0, 0.05) is 12.1 Å². The minimum absolute atomic E-state index is 0.359. The molecule has 5 heteroatoms. The fourth-order valence-corrected chi connectivity index (χ4v) is 2.80. The molecule has 2 rings (SSSR count). The molecule has 3 N–H and O–H groups in total. The highest BCUT2D eigenvalue weighted by Crippen LogP contribution is 2.34. The lowest BCUT2D eigenvalue weighted by Gasteiger charge is -2.28. The lowest BCUT2D eigenvalue weighted by molar-refractivity contribution is 0.0523. The Balaban J connectivity index is 2.25. The first kappa shape index (κ1) is 21.8. The van der Waals surface area contributed by atoms with Crippen molar-refractivity contribution in [3.05, 3.63) is 54.1 Å². The van der Waals surface area contributed by atoms with Crippen LogP contribution < -0.4 is 15.8 Å². The quantitative estimate of drug-likeness (QED) is 0.713. The van der Waals surface area contributed by atoms with Gasteiger partial charge in [-0.05, 0) is 64.8 Å². The van der Waals surface area contributed by atoms with Crippen LogP contribution in [0.15, 0.2) is 48.5 Å². The molecule has 0 fully saturated rings. The number of amides is 1. The summed E-state index contributed by atoms with van der Waals surface area (Å²) in [6.45, 7) is 10.5. The van der Waals surface area contributed by atoms with Gasteiger partial charge in [-0.3, -0.25) is 0 Å². The van der Waals surface area contributed by atoms with Crippen molar-refractivity contribution in [1.29, 1.82) is 0 Å². The standard InChI is InChI=1S/C23H32N2O3/c1-22(2,3)28-21(26)25-16-17-11-12-19(18-9-7-6-8-10-18)20(15-17)27-23(4,5)13-14-24/h6-12,15H,13-14,16,24H2,1-5H3,(H,25,26). The van der Waals surface area contributed by atoms with Gasteiger partial charge in [0.15, 0.2) is 0 Å². The Bertz CT molecular complexity index is 780. The molecule has 2 aromatic carbocycles. The summed E-state index contributed by atoms with van der Waals surface area (Å²) in [4.78, 5) is 11.9. The summed E-state index contributed by atoms with van der Waals surface area (Å²) in [6.07, 6.45) is 0.298. The minimum atomic E-state index is -0.526. The predicted octanol–water partition coefficient (Wildman–Crippen LogP) is 4.88. The van der Waals surface area contributed by atoms with E-state index < -0.39 is 17.3 Å². The number of carbonyl (C=O) groups is 1. The first-order chi connectivity index (χ1) is 13.1. The highest BCUT2D eigenvalue weighted by Gasteiger charge is 2.21. The van der Waals surface area contributed by atoms with Gasteiger partial charge in [0.1, 0.15) is 17.0 Å². The van der Waals surface area contributed by atoms with Crippen molar-refractivity contribution < 1.29 is 14.3 Å².